The number of nitrogens with one attached hydrogen (secondary N) is 1. The van der Waals surface area contributed by atoms with Crippen molar-refractivity contribution in [1.29, 1.82) is 0 Å². The molecule has 178 valence electrons. The number of amides is 3. The normalized spacial score (nSPS) is 21.4. The standard InChI is InChI=1S/C25H27N3O5S/c1-15-13-18(24(30)27-12-4-3-5-16(27)2)7-11-21(15)26-23(29)17-6-10-20-22(14-17)34(32,33)28(25(20)31)19-8-9-19/h6-7,10-11,13-14,16,19H,3-5,8-9,12H2,1-2H3,(H,26,29). The number of anilines is 1. The van der Waals surface area contributed by atoms with Gasteiger partial charge in [0, 0.05) is 35.4 Å². The van der Waals surface area contributed by atoms with Crippen LogP contribution in [0.4, 0.5) is 5.69 Å². The van der Waals surface area contributed by atoms with Crippen molar-refractivity contribution in [3.8, 4) is 0 Å². The van der Waals surface area contributed by atoms with Crippen molar-refractivity contribution in [2.24, 2.45) is 0 Å². The van der Waals surface area contributed by atoms with Crippen LogP contribution in [0.5, 0.6) is 0 Å². The highest BCUT2D eigenvalue weighted by atomic mass is 32.2. The Hall–Kier alpha value is -3.20. The Labute approximate surface area is 199 Å². The number of nitrogens with zero attached hydrogens (tertiary/aromatic N) is 2. The van der Waals surface area contributed by atoms with Crippen molar-refractivity contribution in [1.82, 2.24) is 9.21 Å². The monoisotopic (exact) mass is 481 g/mol. The summed E-state index contributed by atoms with van der Waals surface area (Å²) in [6.07, 6.45) is 4.47. The third-order valence-electron chi connectivity index (χ3n) is 6.88. The van der Waals surface area contributed by atoms with Crippen molar-refractivity contribution in [3.05, 3.63) is 58.7 Å². The Balaban J connectivity index is 1.35. The molecule has 0 aromatic heterocycles. The van der Waals surface area contributed by atoms with Crippen LogP contribution in [0.2, 0.25) is 0 Å². The van der Waals surface area contributed by atoms with Crippen LogP contribution < -0.4 is 5.32 Å². The topological polar surface area (TPSA) is 104 Å². The fourth-order valence-electron chi connectivity index (χ4n) is 4.76. The van der Waals surface area contributed by atoms with E-state index in [1.165, 1.54) is 18.2 Å². The Kier molecular flexibility index (Phi) is 5.47. The first-order valence-corrected chi connectivity index (χ1v) is 13.1. The predicted octanol–water partition coefficient (Wildman–Crippen LogP) is 3.57. The van der Waals surface area contributed by atoms with Gasteiger partial charge in [0.05, 0.1) is 5.56 Å². The van der Waals surface area contributed by atoms with Gasteiger partial charge in [0.2, 0.25) is 0 Å². The third kappa shape index (κ3) is 3.77. The zero-order valence-electron chi connectivity index (χ0n) is 19.2. The third-order valence-corrected chi connectivity index (χ3v) is 8.75. The zero-order chi connectivity index (χ0) is 24.2. The number of carbonyl (C=O) groups is 3. The average Bonchev–Trinajstić information content (AvgIpc) is 3.61. The number of benzene rings is 2. The summed E-state index contributed by atoms with van der Waals surface area (Å²) in [5.41, 5.74) is 2.09. The second-order valence-corrected chi connectivity index (χ2v) is 11.2. The number of carbonyl (C=O) groups excluding carboxylic acids is 3. The quantitative estimate of drug-likeness (QED) is 0.719. The van der Waals surface area contributed by atoms with E-state index >= 15 is 0 Å². The van der Waals surface area contributed by atoms with Crippen LogP contribution in [0.25, 0.3) is 0 Å². The molecule has 3 amide bonds. The molecule has 1 saturated heterocycles. The van der Waals surface area contributed by atoms with Gasteiger partial charge < -0.3 is 10.2 Å². The molecular weight excluding hydrogens is 454 g/mol. The molecule has 5 rings (SSSR count). The fourth-order valence-corrected chi connectivity index (χ4v) is 6.60. The molecule has 2 aliphatic heterocycles. The van der Waals surface area contributed by atoms with Crippen LogP contribution in [-0.2, 0) is 10.0 Å². The minimum atomic E-state index is -3.94. The molecule has 1 N–H and O–H groups in total. The van der Waals surface area contributed by atoms with E-state index in [1.807, 2.05) is 11.8 Å². The summed E-state index contributed by atoms with van der Waals surface area (Å²) in [4.78, 5) is 40.2. The smallest absolute Gasteiger partial charge is 0.269 e. The maximum absolute atomic E-state index is 12.9. The molecule has 2 aromatic carbocycles. The molecule has 0 bridgehead atoms. The summed E-state index contributed by atoms with van der Waals surface area (Å²) >= 11 is 0. The lowest BCUT2D eigenvalue weighted by molar-refractivity contribution is 0.0635. The number of piperidine rings is 1. The lowest BCUT2D eigenvalue weighted by atomic mass is 10.0. The minimum Gasteiger partial charge on any atom is -0.336 e. The Morgan fingerprint density at radius 2 is 1.74 bits per heavy atom. The van der Waals surface area contributed by atoms with Gasteiger partial charge in [0.1, 0.15) is 4.90 Å². The van der Waals surface area contributed by atoms with Gasteiger partial charge in [-0.05, 0) is 87.9 Å². The number of sulfonamides is 1. The van der Waals surface area contributed by atoms with Crippen molar-refractivity contribution >= 4 is 33.4 Å². The lowest BCUT2D eigenvalue weighted by Gasteiger charge is -2.33. The molecule has 1 aliphatic carbocycles. The van der Waals surface area contributed by atoms with Gasteiger partial charge in [0.15, 0.2) is 0 Å². The van der Waals surface area contributed by atoms with Gasteiger partial charge in [-0.3, -0.25) is 14.4 Å². The van der Waals surface area contributed by atoms with Crippen molar-refractivity contribution in [2.75, 3.05) is 11.9 Å². The van der Waals surface area contributed by atoms with Crippen molar-refractivity contribution in [3.63, 3.8) is 0 Å². The molecule has 2 aromatic rings. The zero-order valence-corrected chi connectivity index (χ0v) is 20.0. The summed E-state index contributed by atoms with van der Waals surface area (Å²) in [5.74, 6) is -1.02. The van der Waals surface area contributed by atoms with Crippen LogP contribution in [0, 0.1) is 6.92 Å². The summed E-state index contributed by atoms with van der Waals surface area (Å²) in [6.45, 7) is 4.62. The molecular formula is C25H27N3O5S. The Morgan fingerprint density at radius 1 is 1.00 bits per heavy atom. The van der Waals surface area contributed by atoms with Crippen LogP contribution in [0.1, 0.15) is 75.7 Å². The first kappa shape index (κ1) is 22.6. The second-order valence-electron chi connectivity index (χ2n) is 9.38. The maximum Gasteiger partial charge on any atom is 0.269 e. The van der Waals surface area contributed by atoms with E-state index < -0.39 is 21.8 Å². The molecule has 0 spiro atoms. The number of likely N-dealkylation sites (tertiary alicyclic amines) is 1. The molecule has 1 atom stereocenters. The first-order valence-electron chi connectivity index (χ1n) is 11.6. The van der Waals surface area contributed by atoms with Crippen molar-refractivity contribution in [2.45, 2.75) is 62.9 Å². The number of aryl methyl sites for hydroxylation is 1. The molecule has 0 radical (unpaired) electrons. The molecule has 2 fully saturated rings. The van der Waals surface area contributed by atoms with E-state index in [0.717, 1.165) is 35.7 Å². The predicted molar refractivity (Wildman–Crippen MR) is 126 cm³/mol. The summed E-state index contributed by atoms with van der Waals surface area (Å²) in [6, 6.07) is 9.22. The van der Waals surface area contributed by atoms with Gasteiger partial charge >= 0.3 is 0 Å². The summed E-state index contributed by atoms with van der Waals surface area (Å²) < 4.78 is 26.7. The van der Waals surface area contributed by atoms with E-state index in [1.54, 1.807) is 18.2 Å². The first-order chi connectivity index (χ1) is 16.2. The second kappa shape index (κ2) is 8.23. The maximum atomic E-state index is 12.9. The van der Waals surface area contributed by atoms with Gasteiger partial charge in [-0.2, -0.15) is 0 Å². The number of rotatable bonds is 4. The van der Waals surface area contributed by atoms with E-state index in [0.29, 0.717) is 24.1 Å². The van der Waals surface area contributed by atoms with E-state index in [2.05, 4.69) is 12.2 Å². The van der Waals surface area contributed by atoms with Crippen LogP contribution in [0.15, 0.2) is 41.3 Å². The van der Waals surface area contributed by atoms with Crippen molar-refractivity contribution < 1.29 is 22.8 Å². The SMILES string of the molecule is Cc1cc(C(=O)N2CCCCC2C)ccc1NC(=O)c1ccc2c(c1)S(=O)(=O)N(C1CC1)C2=O. The van der Waals surface area contributed by atoms with Crippen LogP contribution in [-0.4, -0.2) is 54.0 Å². The highest BCUT2D eigenvalue weighted by Crippen LogP contribution is 2.39. The van der Waals surface area contributed by atoms with Crippen LogP contribution >= 0.6 is 0 Å². The van der Waals surface area contributed by atoms with Gasteiger partial charge in [-0.25, -0.2) is 12.7 Å². The highest BCUT2D eigenvalue weighted by Gasteiger charge is 2.48. The van der Waals surface area contributed by atoms with E-state index in [4.69, 9.17) is 0 Å². The molecule has 1 saturated carbocycles. The molecule has 1 unspecified atom stereocenters. The van der Waals surface area contributed by atoms with Gasteiger partial charge in [-0.15, -0.1) is 0 Å². The van der Waals surface area contributed by atoms with Gasteiger partial charge in [-0.1, -0.05) is 0 Å². The fraction of sp³-hybridized carbons (Fsp3) is 0.400. The largest absolute Gasteiger partial charge is 0.336 e. The number of hydrogen-bond donors (Lipinski definition) is 1. The summed E-state index contributed by atoms with van der Waals surface area (Å²) in [7, 11) is -3.94. The number of hydrogen-bond acceptors (Lipinski definition) is 5. The molecule has 8 nitrogen and oxygen atoms in total. The molecule has 9 heteroatoms. The highest BCUT2D eigenvalue weighted by molar-refractivity contribution is 7.90. The van der Waals surface area contributed by atoms with Crippen LogP contribution in [0.3, 0.4) is 0 Å². The minimum absolute atomic E-state index is 0.0121. The van der Waals surface area contributed by atoms with E-state index in [9.17, 15) is 22.8 Å². The molecule has 34 heavy (non-hydrogen) atoms. The average molecular weight is 482 g/mol. The Morgan fingerprint density at radius 3 is 2.41 bits per heavy atom. The Bertz CT molecular complexity index is 1320. The van der Waals surface area contributed by atoms with E-state index in [-0.39, 0.29) is 34.0 Å². The summed E-state index contributed by atoms with van der Waals surface area (Å²) in [5, 5.41) is 2.80. The number of fused-ring (bicyclic) bond motifs is 1. The van der Waals surface area contributed by atoms with Gasteiger partial charge in [0.25, 0.3) is 27.7 Å². The molecule has 2 heterocycles. The molecule has 3 aliphatic rings. The lowest BCUT2D eigenvalue weighted by Crippen LogP contribution is -2.42.